The van der Waals surface area contributed by atoms with Gasteiger partial charge in [0.2, 0.25) is 0 Å². The zero-order chi connectivity index (χ0) is 8.10. The highest BCUT2D eigenvalue weighted by Gasteiger charge is 1.89. The molecule has 0 bridgehead atoms. The van der Waals surface area contributed by atoms with Crippen LogP contribution in [0.2, 0.25) is 0 Å². The number of rotatable bonds is 3. The average molecular weight is 151 g/mol. The van der Waals surface area contributed by atoms with Crippen LogP contribution in [0.15, 0.2) is 24.3 Å². The molecule has 1 aromatic rings. The van der Waals surface area contributed by atoms with Gasteiger partial charge in [-0.2, -0.15) is 0 Å². The van der Waals surface area contributed by atoms with Gasteiger partial charge < -0.3 is 10.5 Å². The van der Waals surface area contributed by atoms with Crippen LogP contribution in [0.1, 0.15) is 11.1 Å². The first-order chi connectivity index (χ1) is 5.33. The lowest BCUT2D eigenvalue weighted by molar-refractivity contribution is 0.127. The summed E-state index contributed by atoms with van der Waals surface area (Å²) in [6.07, 6.45) is 0. The Morgan fingerprint density at radius 3 is 2.45 bits per heavy atom. The Balaban J connectivity index is 2.52. The van der Waals surface area contributed by atoms with Crippen molar-refractivity contribution in [3.8, 4) is 0 Å². The minimum Gasteiger partial charge on any atom is -0.362 e. The standard InChI is InChI=1S/C9H13NO/c1-8-2-4-9(5-3-8)6-11-7-10/h2-5H,6-7,10H2,1H3. The maximum Gasteiger partial charge on any atom is 0.0944 e. The number of hydrogen-bond acceptors (Lipinski definition) is 2. The number of ether oxygens (including phenoxy) is 1. The zero-order valence-electron chi connectivity index (χ0n) is 6.71. The maximum atomic E-state index is 5.18. The van der Waals surface area contributed by atoms with Gasteiger partial charge in [-0.3, -0.25) is 0 Å². The summed E-state index contributed by atoms with van der Waals surface area (Å²) in [5.74, 6) is 0. The molecule has 0 fully saturated rings. The molecule has 0 aliphatic heterocycles. The summed E-state index contributed by atoms with van der Waals surface area (Å²) in [5, 5.41) is 0. The molecule has 0 saturated heterocycles. The topological polar surface area (TPSA) is 35.2 Å². The van der Waals surface area contributed by atoms with Crippen molar-refractivity contribution in [2.24, 2.45) is 5.73 Å². The molecule has 0 spiro atoms. The van der Waals surface area contributed by atoms with Gasteiger partial charge in [-0.05, 0) is 12.5 Å². The molecule has 0 radical (unpaired) electrons. The summed E-state index contributed by atoms with van der Waals surface area (Å²) in [5.41, 5.74) is 7.62. The summed E-state index contributed by atoms with van der Waals surface area (Å²) < 4.78 is 5.04. The maximum absolute atomic E-state index is 5.18. The third-order valence-electron chi connectivity index (χ3n) is 1.51. The van der Waals surface area contributed by atoms with E-state index in [1.54, 1.807) is 0 Å². The van der Waals surface area contributed by atoms with Crippen LogP contribution in [0, 0.1) is 6.92 Å². The van der Waals surface area contributed by atoms with E-state index >= 15 is 0 Å². The molecule has 0 aromatic heterocycles. The smallest absolute Gasteiger partial charge is 0.0944 e. The first-order valence-electron chi connectivity index (χ1n) is 3.66. The van der Waals surface area contributed by atoms with Gasteiger partial charge in [-0.1, -0.05) is 29.8 Å². The Morgan fingerprint density at radius 1 is 1.27 bits per heavy atom. The minimum absolute atomic E-state index is 0.286. The summed E-state index contributed by atoms with van der Waals surface area (Å²) in [6, 6.07) is 8.22. The van der Waals surface area contributed by atoms with E-state index in [0.29, 0.717) is 6.61 Å². The van der Waals surface area contributed by atoms with Crippen LogP contribution in [0.3, 0.4) is 0 Å². The van der Waals surface area contributed by atoms with E-state index < -0.39 is 0 Å². The number of aryl methyl sites for hydroxylation is 1. The fourth-order valence-corrected chi connectivity index (χ4v) is 0.861. The average Bonchev–Trinajstić information content (AvgIpc) is 2.04. The Morgan fingerprint density at radius 2 is 1.91 bits per heavy atom. The summed E-state index contributed by atoms with van der Waals surface area (Å²) in [4.78, 5) is 0. The fraction of sp³-hybridized carbons (Fsp3) is 0.333. The molecule has 11 heavy (non-hydrogen) atoms. The second-order valence-electron chi connectivity index (χ2n) is 2.50. The van der Waals surface area contributed by atoms with Crippen molar-refractivity contribution in [1.82, 2.24) is 0 Å². The molecule has 2 nitrogen and oxygen atoms in total. The molecule has 1 rings (SSSR count). The van der Waals surface area contributed by atoms with Crippen molar-refractivity contribution in [3.05, 3.63) is 35.4 Å². The molecule has 0 heterocycles. The van der Waals surface area contributed by atoms with Gasteiger partial charge in [-0.25, -0.2) is 0 Å². The van der Waals surface area contributed by atoms with Gasteiger partial charge in [0.05, 0.1) is 13.3 Å². The van der Waals surface area contributed by atoms with Crippen LogP contribution in [-0.2, 0) is 11.3 Å². The lowest BCUT2D eigenvalue weighted by atomic mass is 10.2. The molecular formula is C9H13NO. The van der Waals surface area contributed by atoms with E-state index in [-0.39, 0.29) is 6.73 Å². The molecule has 60 valence electrons. The van der Waals surface area contributed by atoms with Crippen LogP contribution in [0.5, 0.6) is 0 Å². The predicted octanol–water partition coefficient (Wildman–Crippen LogP) is 1.43. The van der Waals surface area contributed by atoms with Gasteiger partial charge in [0.15, 0.2) is 0 Å². The number of nitrogens with two attached hydrogens (primary N) is 1. The van der Waals surface area contributed by atoms with Crippen molar-refractivity contribution in [2.45, 2.75) is 13.5 Å². The second-order valence-corrected chi connectivity index (χ2v) is 2.50. The summed E-state index contributed by atoms with van der Waals surface area (Å²) >= 11 is 0. The Labute approximate surface area is 67.0 Å². The van der Waals surface area contributed by atoms with Crippen molar-refractivity contribution in [2.75, 3.05) is 6.73 Å². The van der Waals surface area contributed by atoms with Crippen LogP contribution < -0.4 is 5.73 Å². The normalized spacial score (nSPS) is 10.0. The molecule has 1 aromatic carbocycles. The van der Waals surface area contributed by atoms with Gasteiger partial charge in [0.25, 0.3) is 0 Å². The van der Waals surface area contributed by atoms with Crippen LogP contribution >= 0.6 is 0 Å². The lowest BCUT2D eigenvalue weighted by Crippen LogP contribution is -2.03. The molecule has 0 aliphatic rings. The molecule has 2 heteroatoms. The quantitative estimate of drug-likeness (QED) is 0.663. The fourth-order valence-electron chi connectivity index (χ4n) is 0.861. The van der Waals surface area contributed by atoms with E-state index in [9.17, 15) is 0 Å². The minimum atomic E-state index is 0.286. The van der Waals surface area contributed by atoms with Gasteiger partial charge >= 0.3 is 0 Å². The van der Waals surface area contributed by atoms with Crippen molar-refractivity contribution >= 4 is 0 Å². The van der Waals surface area contributed by atoms with Crippen molar-refractivity contribution in [1.29, 1.82) is 0 Å². The second kappa shape index (κ2) is 4.11. The highest BCUT2D eigenvalue weighted by molar-refractivity contribution is 5.20. The molecule has 0 aliphatic carbocycles. The highest BCUT2D eigenvalue weighted by atomic mass is 16.5. The molecule has 0 saturated carbocycles. The van der Waals surface area contributed by atoms with E-state index in [1.165, 1.54) is 11.1 Å². The monoisotopic (exact) mass is 151 g/mol. The zero-order valence-corrected chi connectivity index (χ0v) is 6.71. The highest BCUT2D eigenvalue weighted by Crippen LogP contribution is 2.03. The van der Waals surface area contributed by atoms with Crippen molar-refractivity contribution < 1.29 is 4.74 Å². The van der Waals surface area contributed by atoms with E-state index in [4.69, 9.17) is 10.5 Å². The van der Waals surface area contributed by atoms with Crippen LogP contribution in [0.25, 0.3) is 0 Å². The van der Waals surface area contributed by atoms with Crippen molar-refractivity contribution in [3.63, 3.8) is 0 Å². The van der Waals surface area contributed by atoms with Gasteiger partial charge in [0, 0.05) is 0 Å². The first kappa shape index (κ1) is 8.24. The SMILES string of the molecule is Cc1ccc(COCN)cc1. The number of hydrogen-bond donors (Lipinski definition) is 1. The number of benzene rings is 1. The Hall–Kier alpha value is -0.860. The molecular weight excluding hydrogens is 138 g/mol. The Kier molecular flexibility index (Phi) is 3.08. The third-order valence-corrected chi connectivity index (χ3v) is 1.51. The van der Waals surface area contributed by atoms with Gasteiger partial charge in [0.1, 0.15) is 0 Å². The third kappa shape index (κ3) is 2.70. The summed E-state index contributed by atoms with van der Waals surface area (Å²) in [7, 11) is 0. The van der Waals surface area contributed by atoms with Crippen LogP contribution in [-0.4, -0.2) is 6.73 Å². The largest absolute Gasteiger partial charge is 0.362 e. The summed E-state index contributed by atoms with van der Waals surface area (Å²) in [6.45, 7) is 2.96. The van der Waals surface area contributed by atoms with Crippen LogP contribution in [0.4, 0.5) is 0 Å². The Bertz CT molecular complexity index is 205. The molecule has 0 atom stereocenters. The van der Waals surface area contributed by atoms with E-state index in [1.807, 2.05) is 12.1 Å². The van der Waals surface area contributed by atoms with E-state index in [0.717, 1.165) is 0 Å². The lowest BCUT2D eigenvalue weighted by Gasteiger charge is -2.00. The molecule has 0 unspecified atom stereocenters. The van der Waals surface area contributed by atoms with E-state index in [2.05, 4.69) is 19.1 Å². The molecule has 0 amide bonds. The predicted molar refractivity (Wildman–Crippen MR) is 45.0 cm³/mol. The molecule has 2 N–H and O–H groups in total. The van der Waals surface area contributed by atoms with Gasteiger partial charge in [-0.15, -0.1) is 0 Å². The first-order valence-corrected chi connectivity index (χ1v) is 3.66.